The van der Waals surface area contributed by atoms with Gasteiger partial charge in [0.2, 0.25) is 0 Å². The Labute approximate surface area is 156 Å². The van der Waals surface area contributed by atoms with Crippen molar-refractivity contribution in [3.8, 4) is 17.2 Å². The number of benzene rings is 2. The smallest absolute Gasteiger partial charge is 0.161 e. The molecule has 0 bridgehead atoms. The number of rotatable bonds is 11. The molecule has 5 heteroatoms. The van der Waals surface area contributed by atoms with Crippen molar-refractivity contribution < 1.29 is 18.9 Å². The highest BCUT2D eigenvalue weighted by Crippen LogP contribution is 2.30. The SMILES string of the molecule is COCCCOc1cccc(CNCc2cc(OC)c(OC)cc2C)c1. The van der Waals surface area contributed by atoms with E-state index in [1.807, 2.05) is 24.3 Å². The summed E-state index contributed by atoms with van der Waals surface area (Å²) in [6, 6.07) is 12.2. The summed E-state index contributed by atoms with van der Waals surface area (Å²) < 4.78 is 21.5. The summed E-state index contributed by atoms with van der Waals surface area (Å²) >= 11 is 0. The van der Waals surface area contributed by atoms with E-state index in [-0.39, 0.29) is 0 Å². The Morgan fingerprint density at radius 2 is 1.65 bits per heavy atom. The standard InChI is InChI=1S/C21H29NO4/c1-16-11-20(24-3)21(25-4)13-18(16)15-22-14-17-7-5-8-19(12-17)26-10-6-9-23-2/h5,7-8,11-13,22H,6,9-10,14-15H2,1-4H3. The fourth-order valence-corrected chi connectivity index (χ4v) is 2.69. The molecule has 5 nitrogen and oxygen atoms in total. The van der Waals surface area contributed by atoms with Crippen LogP contribution in [0.4, 0.5) is 0 Å². The third-order valence-electron chi connectivity index (χ3n) is 4.15. The van der Waals surface area contributed by atoms with Crippen molar-refractivity contribution >= 4 is 0 Å². The first kappa shape index (κ1) is 20.1. The lowest BCUT2D eigenvalue weighted by molar-refractivity contribution is 0.172. The predicted octanol–water partition coefficient (Wildman–Crippen LogP) is 3.72. The van der Waals surface area contributed by atoms with Gasteiger partial charge >= 0.3 is 0 Å². The van der Waals surface area contributed by atoms with E-state index in [1.165, 1.54) is 16.7 Å². The van der Waals surface area contributed by atoms with Gasteiger partial charge in [-0.25, -0.2) is 0 Å². The van der Waals surface area contributed by atoms with Gasteiger partial charge in [0, 0.05) is 33.2 Å². The Balaban J connectivity index is 1.89. The van der Waals surface area contributed by atoms with Crippen LogP contribution in [0.15, 0.2) is 36.4 Å². The van der Waals surface area contributed by atoms with E-state index in [4.69, 9.17) is 18.9 Å². The van der Waals surface area contributed by atoms with E-state index >= 15 is 0 Å². The topological polar surface area (TPSA) is 49.0 Å². The molecule has 0 aliphatic heterocycles. The van der Waals surface area contributed by atoms with Crippen LogP contribution >= 0.6 is 0 Å². The molecule has 0 unspecified atom stereocenters. The lowest BCUT2D eigenvalue weighted by Gasteiger charge is -2.14. The van der Waals surface area contributed by atoms with Crippen LogP contribution in [0.1, 0.15) is 23.1 Å². The van der Waals surface area contributed by atoms with Gasteiger partial charge in [0.25, 0.3) is 0 Å². The summed E-state index contributed by atoms with van der Waals surface area (Å²) in [5.41, 5.74) is 3.55. The number of nitrogens with one attached hydrogen (secondary N) is 1. The van der Waals surface area contributed by atoms with Gasteiger partial charge in [-0.15, -0.1) is 0 Å². The molecule has 0 aromatic heterocycles. The Hall–Kier alpha value is -2.24. The highest BCUT2D eigenvalue weighted by atomic mass is 16.5. The molecule has 0 spiro atoms. The quantitative estimate of drug-likeness (QED) is 0.620. The van der Waals surface area contributed by atoms with E-state index in [0.717, 1.165) is 36.8 Å². The van der Waals surface area contributed by atoms with Gasteiger partial charge in [-0.05, 0) is 47.9 Å². The minimum atomic E-state index is 0.662. The minimum absolute atomic E-state index is 0.662. The molecule has 2 aromatic rings. The Morgan fingerprint density at radius 3 is 2.38 bits per heavy atom. The number of aryl methyl sites for hydroxylation is 1. The second-order valence-electron chi connectivity index (χ2n) is 6.08. The largest absolute Gasteiger partial charge is 0.493 e. The van der Waals surface area contributed by atoms with Crippen molar-refractivity contribution in [2.45, 2.75) is 26.4 Å². The Kier molecular flexibility index (Phi) is 8.25. The number of methoxy groups -OCH3 is 3. The molecule has 2 rings (SSSR count). The molecule has 0 aliphatic carbocycles. The van der Waals surface area contributed by atoms with Gasteiger partial charge in [-0.3, -0.25) is 0 Å². The second kappa shape index (κ2) is 10.7. The average molecular weight is 359 g/mol. The van der Waals surface area contributed by atoms with Crippen LogP contribution in [0, 0.1) is 6.92 Å². The summed E-state index contributed by atoms with van der Waals surface area (Å²) in [5.74, 6) is 2.40. The molecule has 0 amide bonds. The molecular weight excluding hydrogens is 330 g/mol. The lowest BCUT2D eigenvalue weighted by Crippen LogP contribution is -2.14. The highest BCUT2D eigenvalue weighted by Gasteiger charge is 2.08. The van der Waals surface area contributed by atoms with E-state index in [1.54, 1.807) is 21.3 Å². The molecule has 26 heavy (non-hydrogen) atoms. The van der Waals surface area contributed by atoms with Crippen LogP contribution < -0.4 is 19.5 Å². The van der Waals surface area contributed by atoms with E-state index in [9.17, 15) is 0 Å². The van der Waals surface area contributed by atoms with Gasteiger partial charge in [-0.2, -0.15) is 0 Å². The fraction of sp³-hybridized carbons (Fsp3) is 0.429. The van der Waals surface area contributed by atoms with E-state index < -0.39 is 0 Å². The molecule has 0 saturated heterocycles. The number of hydrogen-bond donors (Lipinski definition) is 1. The Morgan fingerprint density at radius 1 is 0.885 bits per heavy atom. The van der Waals surface area contributed by atoms with Crippen LogP contribution in [0.3, 0.4) is 0 Å². The van der Waals surface area contributed by atoms with E-state index in [2.05, 4.69) is 24.4 Å². The average Bonchev–Trinajstić information content (AvgIpc) is 2.66. The summed E-state index contributed by atoms with van der Waals surface area (Å²) in [7, 11) is 5.01. The number of ether oxygens (including phenoxy) is 4. The Bertz CT molecular complexity index is 688. The minimum Gasteiger partial charge on any atom is -0.493 e. The summed E-state index contributed by atoms with van der Waals surface area (Å²) in [6.45, 7) is 4.98. The molecule has 0 fully saturated rings. The molecule has 0 atom stereocenters. The van der Waals surface area contributed by atoms with Crippen molar-refractivity contribution in [2.24, 2.45) is 0 Å². The molecule has 142 valence electrons. The molecule has 2 aromatic carbocycles. The van der Waals surface area contributed by atoms with Crippen LogP contribution in [-0.4, -0.2) is 34.5 Å². The van der Waals surface area contributed by atoms with Crippen molar-refractivity contribution in [1.82, 2.24) is 5.32 Å². The highest BCUT2D eigenvalue weighted by molar-refractivity contribution is 5.47. The van der Waals surface area contributed by atoms with Gasteiger partial charge in [0.15, 0.2) is 11.5 Å². The third kappa shape index (κ3) is 5.93. The maximum atomic E-state index is 5.75. The zero-order chi connectivity index (χ0) is 18.8. The van der Waals surface area contributed by atoms with Crippen molar-refractivity contribution in [1.29, 1.82) is 0 Å². The molecule has 0 heterocycles. The third-order valence-corrected chi connectivity index (χ3v) is 4.15. The maximum absolute atomic E-state index is 5.75. The normalized spacial score (nSPS) is 10.6. The lowest BCUT2D eigenvalue weighted by atomic mass is 10.1. The summed E-state index contributed by atoms with van der Waals surface area (Å²) in [5, 5.41) is 3.48. The van der Waals surface area contributed by atoms with Crippen LogP contribution in [-0.2, 0) is 17.8 Å². The molecule has 1 N–H and O–H groups in total. The van der Waals surface area contributed by atoms with Crippen LogP contribution in [0.25, 0.3) is 0 Å². The van der Waals surface area contributed by atoms with Crippen molar-refractivity contribution in [3.63, 3.8) is 0 Å². The zero-order valence-corrected chi connectivity index (χ0v) is 16.1. The van der Waals surface area contributed by atoms with Crippen molar-refractivity contribution in [2.75, 3.05) is 34.5 Å². The monoisotopic (exact) mass is 359 g/mol. The first-order valence-electron chi connectivity index (χ1n) is 8.80. The van der Waals surface area contributed by atoms with Crippen LogP contribution in [0.2, 0.25) is 0 Å². The van der Waals surface area contributed by atoms with Gasteiger partial charge in [-0.1, -0.05) is 12.1 Å². The zero-order valence-electron chi connectivity index (χ0n) is 16.1. The molecule has 0 radical (unpaired) electrons. The molecule has 0 aliphatic rings. The summed E-state index contributed by atoms with van der Waals surface area (Å²) in [4.78, 5) is 0. The van der Waals surface area contributed by atoms with E-state index in [0.29, 0.717) is 13.2 Å². The summed E-state index contributed by atoms with van der Waals surface area (Å²) in [6.07, 6.45) is 0.886. The fourth-order valence-electron chi connectivity index (χ4n) is 2.69. The predicted molar refractivity (Wildman–Crippen MR) is 103 cm³/mol. The number of hydrogen-bond acceptors (Lipinski definition) is 5. The molecular formula is C21H29NO4. The van der Waals surface area contributed by atoms with Crippen molar-refractivity contribution in [3.05, 3.63) is 53.1 Å². The van der Waals surface area contributed by atoms with Gasteiger partial charge in [0.1, 0.15) is 5.75 Å². The van der Waals surface area contributed by atoms with Gasteiger partial charge < -0.3 is 24.3 Å². The maximum Gasteiger partial charge on any atom is 0.161 e. The molecule has 0 saturated carbocycles. The van der Waals surface area contributed by atoms with Gasteiger partial charge in [0.05, 0.1) is 20.8 Å². The first-order valence-corrected chi connectivity index (χ1v) is 8.80. The second-order valence-corrected chi connectivity index (χ2v) is 6.08. The first-order chi connectivity index (χ1) is 12.7. The van der Waals surface area contributed by atoms with Crippen LogP contribution in [0.5, 0.6) is 17.2 Å².